The average Bonchev–Trinajstić information content (AvgIpc) is 3.38. The second-order valence-electron chi connectivity index (χ2n) is 22.5. The Morgan fingerprint density at radius 2 is 0.653 bits per heavy atom. The lowest BCUT2D eigenvalue weighted by molar-refractivity contribution is -0.143. The predicted octanol–water partition coefficient (Wildman–Crippen LogP) is 20.6. The minimum atomic E-state index is -0.842. The van der Waals surface area contributed by atoms with E-state index in [1.54, 1.807) is 6.08 Å². The first kappa shape index (κ1) is 70.3. The fourth-order valence-corrected chi connectivity index (χ4v) is 10.2. The predicted molar refractivity (Wildman–Crippen MR) is 315 cm³/mol. The number of nitrogens with one attached hydrogen (secondary N) is 1. The van der Waals surface area contributed by atoms with Crippen molar-refractivity contribution in [2.24, 2.45) is 0 Å². The average molecular weight is 1010 g/mol. The Morgan fingerprint density at radius 3 is 0.986 bits per heavy atom. The summed E-state index contributed by atoms with van der Waals surface area (Å²) in [6, 6.07) is -0.625. The van der Waals surface area contributed by atoms with E-state index in [0.717, 1.165) is 38.5 Å². The molecule has 0 heterocycles. The molecule has 0 fully saturated rings. The number of aliphatic hydroxyl groups is 2. The molecule has 0 aliphatic carbocycles. The second-order valence-corrected chi connectivity index (χ2v) is 22.5. The minimum Gasteiger partial charge on any atom is -0.466 e. The van der Waals surface area contributed by atoms with Gasteiger partial charge in [-0.15, -0.1) is 0 Å². The van der Waals surface area contributed by atoms with Gasteiger partial charge in [0.15, 0.2) is 0 Å². The van der Waals surface area contributed by atoms with Crippen molar-refractivity contribution >= 4 is 11.9 Å². The van der Waals surface area contributed by atoms with Crippen molar-refractivity contribution in [2.45, 2.75) is 373 Å². The Morgan fingerprint density at radius 1 is 0.375 bits per heavy atom. The Labute approximate surface area is 450 Å². The van der Waals surface area contributed by atoms with E-state index in [9.17, 15) is 19.8 Å². The number of ether oxygens (including phenoxy) is 1. The summed E-state index contributed by atoms with van der Waals surface area (Å²) in [4.78, 5) is 24.5. The van der Waals surface area contributed by atoms with Crippen LogP contribution in [0.3, 0.4) is 0 Å². The van der Waals surface area contributed by atoms with Crippen LogP contribution in [-0.2, 0) is 14.3 Å². The van der Waals surface area contributed by atoms with Crippen molar-refractivity contribution in [2.75, 3.05) is 13.2 Å². The molecule has 6 heteroatoms. The van der Waals surface area contributed by atoms with Crippen LogP contribution in [-0.4, -0.2) is 47.4 Å². The van der Waals surface area contributed by atoms with Crippen molar-refractivity contribution in [3.63, 3.8) is 0 Å². The molecular formula is C66H127NO5. The van der Waals surface area contributed by atoms with E-state index >= 15 is 0 Å². The molecular weight excluding hydrogens is 887 g/mol. The number of esters is 1. The number of hydrogen-bond donors (Lipinski definition) is 3. The van der Waals surface area contributed by atoms with Crippen LogP contribution in [0.4, 0.5) is 0 Å². The molecule has 2 atom stereocenters. The van der Waals surface area contributed by atoms with Gasteiger partial charge in [0.25, 0.3) is 0 Å². The molecule has 6 nitrogen and oxygen atoms in total. The van der Waals surface area contributed by atoms with Gasteiger partial charge < -0.3 is 20.3 Å². The van der Waals surface area contributed by atoms with Crippen molar-refractivity contribution in [1.82, 2.24) is 5.32 Å². The van der Waals surface area contributed by atoms with Crippen LogP contribution in [0.1, 0.15) is 361 Å². The first-order valence-corrected chi connectivity index (χ1v) is 32.6. The first-order chi connectivity index (χ1) is 35.5. The molecule has 0 aromatic carbocycles. The smallest absolute Gasteiger partial charge is 0.305 e. The van der Waals surface area contributed by atoms with Gasteiger partial charge in [0.2, 0.25) is 5.91 Å². The third-order valence-corrected chi connectivity index (χ3v) is 15.2. The van der Waals surface area contributed by atoms with Gasteiger partial charge in [-0.25, -0.2) is 0 Å². The van der Waals surface area contributed by atoms with Gasteiger partial charge in [0, 0.05) is 12.8 Å². The highest BCUT2D eigenvalue weighted by molar-refractivity contribution is 5.76. The lowest BCUT2D eigenvalue weighted by atomic mass is 10.0. The highest BCUT2D eigenvalue weighted by Crippen LogP contribution is 2.18. The Kier molecular flexibility index (Phi) is 60.5. The van der Waals surface area contributed by atoms with E-state index in [0.29, 0.717) is 19.4 Å². The number of amides is 1. The number of hydrogen-bond acceptors (Lipinski definition) is 5. The summed E-state index contributed by atoms with van der Waals surface area (Å²) in [6.45, 7) is 4.92. The molecule has 0 saturated heterocycles. The van der Waals surface area contributed by atoms with Crippen LogP contribution >= 0.6 is 0 Å². The fourth-order valence-electron chi connectivity index (χ4n) is 10.2. The van der Waals surface area contributed by atoms with Crippen LogP contribution in [0.2, 0.25) is 0 Å². The molecule has 0 radical (unpaired) electrons. The maximum atomic E-state index is 12.5. The molecule has 0 aromatic rings. The summed E-state index contributed by atoms with van der Waals surface area (Å²) in [5, 5.41) is 23.1. The first-order valence-electron chi connectivity index (χ1n) is 32.6. The normalized spacial score (nSPS) is 12.7. The van der Waals surface area contributed by atoms with Crippen molar-refractivity contribution < 1.29 is 24.5 Å². The Hall–Kier alpha value is -1.66. The van der Waals surface area contributed by atoms with Crippen LogP contribution in [0, 0.1) is 0 Å². The molecule has 0 aliphatic heterocycles. The summed E-state index contributed by atoms with van der Waals surface area (Å²) < 4.78 is 5.48. The summed E-state index contributed by atoms with van der Waals surface area (Å²) in [6.07, 6.45) is 76.7. The second kappa shape index (κ2) is 61.9. The van der Waals surface area contributed by atoms with E-state index in [1.807, 2.05) is 6.08 Å². The third kappa shape index (κ3) is 57.6. The topological polar surface area (TPSA) is 95.9 Å². The highest BCUT2D eigenvalue weighted by atomic mass is 16.5. The molecule has 0 spiro atoms. The van der Waals surface area contributed by atoms with E-state index in [-0.39, 0.29) is 18.5 Å². The quantitative estimate of drug-likeness (QED) is 0.0320. The number of unbranched alkanes of at least 4 members (excludes halogenated alkanes) is 48. The van der Waals surface area contributed by atoms with Crippen molar-refractivity contribution in [3.8, 4) is 0 Å². The van der Waals surface area contributed by atoms with Crippen LogP contribution in [0.5, 0.6) is 0 Å². The Bertz CT molecular complexity index is 1120. The zero-order valence-corrected chi connectivity index (χ0v) is 48.7. The highest BCUT2D eigenvalue weighted by Gasteiger charge is 2.18. The molecule has 426 valence electrons. The zero-order valence-electron chi connectivity index (χ0n) is 48.7. The SMILES string of the molecule is CCCCCCCCCCCCC/C=C/C(O)C(CO)NC(=O)CCCCCCCCCCCCCCCC/C=C\CCCCCCCCCCCCCCOC(=O)CCCCCCCCCCCCCC. The maximum Gasteiger partial charge on any atom is 0.305 e. The summed E-state index contributed by atoms with van der Waals surface area (Å²) in [5.41, 5.74) is 0. The third-order valence-electron chi connectivity index (χ3n) is 15.2. The lowest BCUT2D eigenvalue weighted by Crippen LogP contribution is -2.45. The van der Waals surface area contributed by atoms with Gasteiger partial charge in [0.05, 0.1) is 25.4 Å². The number of carbonyl (C=O) groups excluding carboxylic acids is 2. The molecule has 0 saturated carbocycles. The van der Waals surface area contributed by atoms with Gasteiger partial charge in [-0.2, -0.15) is 0 Å². The molecule has 0 aliphatic rings. The van der Waals surface area contributed by atoms with Gasteiger partial charge in [-0.1, -0.05) is 314 Å². The summed E-state index contributed by atoms with van der Waals surface area (Å²) >= 11 is 0. The standard InChI is InChI=1S/C66H127NO5/c1-3-5-7-9-11-13-15-35-38-42-46-50-54-58-64(69)63(62-68)67-65(70)59-55-51-47-43-39-36-33-31-29-27-25-23-21-19-17-18-20-22-24-26-28-30-32-34-37-41-45-49-53-57-61-72-66(71)60-56-52-48-44-40-16-14-12-10-8-6-4-2/h18,20,54,58,63-64,68-69H,3-17,19,21-53,55-57,59-62H2,1-2H3,(H,67,70)/b20-18-,58-54+. The number of carbonyl (C=O) groups is 2. The minimum absolute atomic E-state index is 0.0178. The van der Waals surface area contributed by atoms with Crippen LogP contribution in [0.25, 0.3) is 0 Å². The molecule has 2 unspecified atom stereocenters. The molecule has 1 amide bonds. The van der Waals surface area contributed by atoms with Gasteiger partial charge in [-0.05, 0) is 57.8 Å². The summed E-state index contributed by atoms with van der Waals surface area (Å²) in [5.74, 6) is -0.0475. The molecule has 0 aromatic heterocycles. The summed E-state index contributed by atoms with van der Waals surface area (Å²) in [7, 11) is 0. The van der Waals surface area contributed by atoms with Crippen molar-refractivity contribution in [1.29, 1.82) is 0 Å². The van der Waals surface area contributed by atoms with Gasteiger partial charge >= 0.3 is 5.97 Å². The zero-order chi connectivity index (χ0) is 52.2. The van der Waals surface area contributed by atoms with Crippen LogP contribution in [0.15, 0.2) is 24.3 Å². The fraction of sp³-hybridized carbons (Fsp3) is 0.909. The van der Waals surface area contributed by atoms with Crippen molar-refractivity contribution in [3.05, 3.63) is 24.3 Å². The molecule has 0 rings (SSSR count). The number of allylic oxidation sites excluding steroid dienone is 3. The monoisotopic (exact) mass is 1010 g/mol. The number of aliphatic hydroxyl groups excluding tert-OH is 2. The number of rotatable bonds is 61. The molecule has 72 heavy (non-hydrogen) atoms. The van der Waals surface area contributed by atoms with E-state index in [2.05, 4.69) is 31.3 Å². The molecule has 0 bridgehead atoms. The van der Waals surface area contributed by atoms with Gasteiger partial charge in [0.1, 0.15) is 0 Å². The lowest BCUT2D eigenvalue weighted by Gasteiger charge is -2.20. The van der Waals surface area contributed by atoms with E-state index < -0.39 is 12.1 Å². The van der Waals surface area contributed by atoms with E-state index in [4.69, 9.17) is 4.74 Å². The van der Waals surface area contributed by atoms with Crippen LogP contribution < -0.4 is 5.32 Å². The largest absolute Gasteiger partial charge is 0.466 e. The van der Waals surface area contributed by atoms with Gasteiger partial charge in [-0.3, -0.25) is 9.59 Å². The molecule has 3 N–H and O–H groups in total. The van der Waals surface area contributed by atoms with E-state index in [1.165, 1.54) is 295 Å². The Balaban J connectivity index is 3.37. The maximum absolute atomic E-state index is 12.5.